The molecule has 4 heteroatoms. The number of benzene rings is 1. The Morgan fingerprint density at radius 3 is 2.29 bits per heavy atom. The van der Waals surface area contributed by atoms with E-state index in [1.54, 1.807) is 0 Å². The van der Waals surface area contributed by atoms with Crippen molar-refractivity contribution in [3.63, 3.8) is 0 Å². The fourth-order valence-corrected chi connectivity index (χ4v) is 2.94. The van der Waals surface area contributed by atoms with Crippen LogP contribution >= 0.6 is 31.9 Å². The molecule has 0 radical (unpaired) electrons. The highest BCUT2D eigenvalue weighted by Crippen LogP contribution is 2.34. The van der Waals surface area contributed by atoms with E-state index in [4.69, 9.17) is 4.74 Å². The minimum absolute atomic E-state index is 0.541. The van der Waals surface area contributed by atoms with Crippen LogP contribution in [0.1, 0.15) is 32.8 Å². The quantitative estimate of drug-likeness (QED) is 0.802. The van der Waals surface area contributed by atoms with Crippen LogP contribution in [-0.4, -0.2) is 12.6 Å². The molecule has 0 aliphatic heterocycles. The van der Waals surface area contributed by atoms with Gasteiger partial charge in [0.25, 0.3) is 0 Å². The highest BCUT2D eigenvalue weighted by molar-refractivity contribution is 9.11. The molecular weight excluding hydrogens is 346 g/mol. The van der Waals surface area contributed by atoms with Gasteiger partial charge in [0.05, 0.1) is 15.6 Å². The van der Waals surface area contributed by atoms with Crippen LogP contribution in [0.5, 0.6) is 5.75 Å². The summed E-state index contributed by atoms with van der Waals surface area (Å²) in [5, 5.41) is 3.47. The number of halogens is 2. The fraction of sp³-hybridized carbons (Fsp3) is 0.538. The lowest BCUT2D eigenvalue weighted by Crippen LogP contribution is -2.24. The molecule has 0 aliphatic carbocycles. The summed E-state index contributed by atoms with van der Waals surface area (Å²) in [7, 11) is 0. The Morgan fingerprint density at radius 2 is 1.82 bits per heavy atom. The molecule has 96 valence electrons. The average Bonchev–Trinajstić information content (AvgIpc) is 2.30. The first kappa shape index (κ1) is 15.0. The molecule has 0 amide bonds. The molecule has 0 aliphatic rings. The Hall–Kier alpha value is -0.0600. The SMILES string of the molecule is CCOc1c(Br)cc(CN[C@@H](C)CC)cc1Br. The van der Waals surface area contributed by atoms with Crippen LogP contribution in [0.25, 0.3) is 0 Å². The van der Waals surface area contributed by atoms with E-state index in [-0.39, 0.29) is 0 Å². The lowest BCUT2D eigenvalue weighted by Gasteiger charge is -2.14. The van der Waals surface area contributed by atoms with E-state index < -0.39 is 0 Å². The molecule has 0 aromatic heterocycles. The summed E-state index contributed by atoms with van der Waals surface area (Å²) >= 11 is 7.08. The second kappa shape index (κ2) is 7.39. The summed E-state index contributed by atoms with van der Waals surface area (Å²) < 4.78 is 7.55. The molecule has 1 N–H and O–H groups in total. The van der Waals surface area contributed by atoms with E-state index in [2.05, 4.69) is 63.2 Å². The van der Waals surface area contributed by atoms with E-state index >= 15 is 0 Å². The Bertz CT molecular complexity index is 345. The Labute approximate surface area is 120 Å². The molecule has 2 nitrogen and oxygen atoms in total. The Kier molecular flexibility index (Phi) is 6.52. The largest absolute Gasteiger partial charge is 0.492 e. The molecule has 0 saturated heterocycles. The monoisotopic (exact) mass is 363 g/mol. The summed E-state index contributed by atoms with van der Waals surface area (Å²) in [6.07, 6.45) is 1.14. The minimum atomic E-state index is 0.541. The zero-order chi connectivity index (χ0) is 12.8. The Morgan fingerprint density at radius 1 is 1.24 bits per heavy atom. The van der Waals surface area contributed by atoms with Gasteiger partial charge in [0.15, 0.2) is 0 Å². The van der Waals surface area contributed by atoms with Crippen LogP contribution in [0, 0.1) is 0 Å². The summed E-state index contributed by atoms with van der Waals surface area (Å²) in [4.78, 5) is 0. The van der Waals surface area contributed by atoms with Crippen LogP contribution in [0.4, 0.5) is 0 Å². The molecule has 1 aromatic rings. The van der Waals surface area contributed by atoms with Gasteiger partial charge >= 0.3 is 0 Å². The smallest absolute Gasteiger partial charge is 0.147 e. The standard InChI is InChI=1S/C13H19Br2NO/c1-4-9(3)16-8-10-6-11(14)13(17-5-2)12(15)7-10/h6-7,9,16H,4-5,8H2,1-3H3/t9-/m0/s1. The summed E-state index contributed by atoms with van der Waals surface area (Å²) in [6, 6.07) is 4.75. The van der Waals surface area contributed by atoms with E-state index in [9.17, 15) is 0 Å². The van der Waals surface area contributed by atoms with Gasteiger partial charge < -0.3 is 10.1 Å². The number of hydrogen-bond acceptors (Lipinski definition) is 2. The third-order valence-electron chi connectivity index (χ3n) is 2.61. The van der Waals surface area contributed by atoms with Crippen LogP contribution in [0.3, 0.4) is 0 Å². The van der Waals surface area contributed by atoms with Crippen molar-refractivity contribution in [3.8, 4) is 5.75 Å². The van der Waals surface area contributed by atoms with Gasteiger partial charge in [-0.1, -0.05) is 6.92 Å². The molecule has 1 atom stereocenters. The molecule has 0 saturated carbocycles. The molecule has 17 heavy (non-hydrogen) atoms. The van der Waals surface area contributed by atoms with Crippen molar-refractivity contribution >= 4 is 31.9 Å². The summed E-state index contributed by atoms with van der Waals surface area (Å²) in [6.45, 7) is 7.90. The van der Waals surface area contributed by atoms with Gasteiger partial charge in [0, 0.05) is 12.6 Å². The molecule has 0 unspecified atom stereocenters. The van der Waals surface area contributed by atoms with Crippen LogP contribution in [0.15, 0.2) is 21.1 Å². The first-order valence-electron chi connectivity index (χ1n) is 5.92. The minimum Gasteiger partial charge on any atom is -0.492 e. The Balaban J connectivity index is 2.76. The molecule has 0 spiro atoms. The lowest BCUT2D eigenvalue weighted by molar-refractivity contribution is 0.336. The van der Waals surface area contributed by atoms with E-state index in [1.807, 2.05) is 6.92 Å². The van der Waals surface area contributed by atoms with Gasteiger partial charge in [-0.2, -0.15) is 0 Å². The molecule has 1 aromatic carbocycles. The van der Waals surface area contributed by atoms with E-state index in [0.29, 0.717) is 12.6 Å². The van der Waals surface area contributed by atoms with Crippen LogP contribution in [0.2, 0.25) is 0 Å². The number of nitrogens with one attached hydrogen (secondary N) is 1. The zero-order valence-electron chi connectivity index (χ0n) is 10.5. The van der Waals surface area contributed by atoms with Crippen molar-refractivity contribution < 1.29 is 4.74 Å². The second-order valence-electron chi connectivity index (χ2n) is 4.01. The van der Waals surface area contributed by atoms with Gasteiger partial charge in [-0.15, -0.1) is 0 Å². The zero-order valence-corrected chi connectivity index (χ0v) is 13.7. The maximum Gasteiger partial charge on any atom is 0.147 e. The molecular formula is C13H19Br2NO. The van der Waals surface area contributed by atoms with Crippen molar-refractivity contribution in [2.75, 3.05) is 6.61 Å². The first-order valence-corrected chi connectivity index (χ1v) is 7.51. The second-order valence-corrected chi connectivity index (χ2v) is 5.72. The molecule has 0 bridgehead atoms. The number of rotatable bonds is 6. The normalized spacial score (nSPS) is 12.5. The summed E-state index contributed by atoms with van der Waals surface area (Å²) in [5.74, 6) is 0.875. The summed E-state index contributed by atoms with van der Waals surface area (Å²) in [5.41, 5.74) is 1.24. The van der Waals surface area contributed by atoms with Crippen LogP contribution < -0.4 is 10.1 Å². The number of ether oxygens (including phenoxy) is 1. The molecule has 0 heterocycles. The highest BCUT2D eigenvalue weighted by Gasteiger charge is 2.08. The van der Waals surface area contributed by atoms with E-state index in [1.165, 1.54) is 5.56 Å². The van der Waals surface area contributed by atoms with Gasteiger partial charge in [-0.3, -0.25) is 0 Å². The third-order valence-corrected chi connectivity index (χ3v) is 3.79. The maximum absolute atomic E-state index is 5.56. The van der Waals surface area contributed by atoms with Gasteiger partial charge in [-0.25, -0.2) is 0 Å². The van der Waals surface area contributed by atoms with Crippen molar-refractivity contribution in [3.05, 3.63) is 26.6 Å². The van der Waals surface area contributed by atoms with Crippen molar-refractivity contribution in [1.29, 1.82) is 0 Å². The van der Waals surface area contributed by atoms with Crippen LogP contribution in [-0.2, 0) is 6.54 Å². The topological polar surface area (TPSA) is 21.3 Å². The predicted molar refractivity (Wildman–Crippen MR) is 79.6 cm³/mol. The average molecular weight is 365 g/mol. The van der Waals surface area contributed by atoms with Gasteiger partial charge in [0.1, 0.15) is 5.75 Å². The fourth-order valence-electron chi connectivity index (χ4n) is 1.43. The van der Waals surface area contributed by atoms with Gasteiger partial charge in [-0.05, 0) is 69.8 Å². The first-order chi connectivity index (χ1) is 8.08. The van der Waals surface area contributed by atoms with E-state index in [0.717, 1.165) is 27.7 Å². The van der Waals surface area contributed by atoms with Crippen molar-refractivity contribution in [2.24, 2.45) is 0 Å². The molecule has 1 rings (SSSR count). The molecule has 0 fully saturated rings. The number of hydrogen-bond donors (Lipinski definition) is 1. The van der Waals surface area contributed by atoms with Crippen molar-refractivity contribution in [2.45, 2.75) is 39.8 Å². The predicted octanol–water partition coefficient (Wildman–Crippen LogP) is 4.50. The third kappa shape index (κ3) is 4.60. The lowest BCUT2D eigenvalue weighted by atomic mass is 10.2. The highest BCUT2D eigenvalue weighted by atomic mass is 79.9. The van der Waals surface area contributed by atoms with Crippen molar-refractivity contribution in [1.82, 2.24) is 5.32 Å². The van der Waals surface area contributed by atoms with Gasteiger partial charge in [0.2, 0.25) is 0 Å². The maximum atomic E-state index is 5.56.